The summed E-state index contributed by atoms with van der Waals surface area (Å²) in [6, 6.07) is 14.3. The predicted molar refractivity (Wildman–Crippen MR) is 87.6 cm³/mol. The predicted octanol–water partition coefficient (Wildman–Crippen LogP) is -1.01. The Kier molecular flexibility index (Phi) is 4.93. The van der Waals surface area contributed by atoms with E-state index in [1.165, 1.54) is 28.8 Å². The molecule has 1 saturated heterocycles. The first-order valence-electron chi connectivity index (χ1n) is 8.15. The van der Waals surface area contributed by atoms with Crippen molar-refractivity contribution in [3.63, 3.8) is 0 Å². The highest BCUT2D eigenvalue weighted by Crippen LogP contribution is 2.20. The molecule has 2 aromatic carbocycles. The minimum absolute atomic E-state index is 0.366. The Bertz CT molecular complexity index is 609. The van der Waals surface area contributed by atoms with E-state index < -0.39 is 6.10 Å². The minimum Gasteiger partial charge on any atom is -0.491 e. The fourth-order valence-corrected chi connectivity index (χ4v) is 3.08. The maximum absolute atomic E-state index is 10.2. The van der Waals surface area contributed by atoms with Crippen LogP contribution in [-0.2, 0) is 0 Å². The Morgan fingerprint density at radius 1 is 1.05 bits per heavy atom. The molecule has 0 spiro atoms. The van der Waals surface area contributed by atoms with Gasteiger partial charge in [0.2, 0.25) is 0 Å². The van der Waals surface area contributed by atoms with Gasteiger partial charge in [0.25, 0.3) is 0 Å². The summed E-state index contributed by atoms with van der Waals surface area (Å²) >= 11 is 0. The molecule has 0 saturated carbocycles. The number of fused-ring (bicyclic) bond motifs is 1. The summed E-state index contributed by atoms with van der Waals surface area (Å²) in [5, 5.41) is 12.6. The molecule has 3 rings (SSSR count). The van der Waals surface area contributed by atoms with Crippen molar-refractivity contribution >= 4 is 10.8 Å². The Morgan fingerprint density at radius 3 is 2.55 bits per heavy atom. The van der Waals surface area contributed by atoms with Crippen molar-refractivity contribution in [3.8, 4) is 5.75 Å². The zero-order chi connectivity index (χ0) is 15.4. The second-order valence-electron chi connectivity index (χ2n) is 6.39. The molecule has 0 amide bonds. The molecule has 2 aromatic rings. The lowest BCUT2D eigenvalue weighted by Crippen LogP contribution is -3.27. The number of likely N-dealkylation sites (N-methyl/N-ethyl adjacent to an activating group) is 1. The van der Waals surface area contributed by atoms with Crippen molar-refractivity contribution in [3.05, 3.63) is 42.5 Å². The molecule has 1 heterocycles. The molecule has 22 heavy (non-hydrogen) atoms. The first kappa shape index (κ1) is 15.3. The smallest absolute Gasteiger partial charge is 0.137 e. The fraction of sp³-hybridized carbons (Fsp3) is 0.444. The summed E-state index contributed by atoms with van der Waals surface area (Å²) < 4.78 is 5.77. The van der Waals surface area contributed by atoms with Crippen LogP contribution in [0.2, 0.25) is 0 Å². The van der Waals surface area contributed by atoms with Crippen LogP contribution in [-0.4, -0.2) is 57.6 Å². The van der Waals surface area contributed by atoms with Crippen LogP contribution in [0.4, 0.5) is 0 Å². The zero-order valence-electron chi connectivity index (χ0n) is 13.2. The van der Waals surface area contributed by atoms with Crippen molar-refractivity contribution in [2.24, 2.45) is 0 Å². The van der Waals surface area contributed by atoms with Gasteiger partial charge in [-0.2, -0.15) is 0 Å². The van der Waals surface area contributed by atoms with E-state index in [0.717, 1.165) is 25.4 Å². The number of hydrogen-bond donors (Lipinski definition) is 3. The van der Waals surface area contributed by atoms with E-state index in [4.69, 9.17) is 4.74 Å². The summed E-state index contributed by atoms with van der Waals surface area (Å²) in [5.41, 5.74) is 0. The molecule has 118 valence electrons. The van der Waals surface area contributed by atoms with Gasteiger partial charge >= 0.3 is 0 Å². The van der Waals surface area contributed by atoms with E-state index in [-0.39, 0.29) is 0 Å². The molecule has 0 bridgehead atoms. The number of hydrogen-bond acceptors (Lipinski definition) is 2. The molecule has 4 nitrogen and oxygen atoms in total. The standard InChI is InChI=1S/C18H24N2O2/c1-19-8-10-20(11-9-19)13-17(21)14-22-18-7-6-15-4-2-3-5-16(15)12-18/h2-7,12,17,21H,8-11,13-14H2,1H3/p+2. The van der Waals surface area contributed by atoms with Crippen molar-refractivity contribution in [2.45, 2.75) is 6.10 Å². The molecule has 4 heteroatoms. The number of benzene rings is 2. The van der Waals surface area contributed by atoms with Gasteiger partial charge in [-0.1, -0.05) is 30.3 Å². The average molecular weight is 302 g/mol. The van der Waals surface area contributed by atoms with Crippen LogP contribution in [0, 0.1) is 0 Å². The van der Waals surface area contributed by atoms with Crippen LogP contribution in [0.15, 0.2) is 42.5 Å². The number of aliphatic hydroxyl groups excluding tert-OH is 1. The Labute approximate surface area is 131 Å². The Hall–Kier alpha value is -1.62. The summed E-state index contributed by atoms with van der Waals surface area (Å²) in [6.45, 7) is 5.80. The van der Waals surface area contributed by atoms with Gasteiger partial charge in [0.15, 0.2) is 0 Å². The van der Waals surface area contributed by atoms with Gasteiger partial charge in [-0.3, -0.25) is 0 Å². The molecule has 1 fully saturated rings. The molecule has 1 unspecified atom stereocenters. The summed E-state index contributed by atoms with van der Waals surface area (Å²) in [4.78, 5) is 3.07. The highest BCUT2D eigenvalue weighted by molar-refractivity contribution is 5.83. The van der Waals surface area contributed by atoms with Crippen molar-refractivity contribution < 1.29 is 19.6 Å². The third-order valence-corrected chi connectivity index (χ3v) is 4.50. The second kappa shape index (κ2) is 7.09. The van der Waals surface area contributed by atoms with E-state index >= 15 is 0 Å². The van der Waals surface area contributed by atoms with Crippen LogP contribution in [0.1, 0.15) is 0 Å². The largest absolute Gasteiger partial charge is 0.491 e. The topological polar surface area (TPSA) is 38.3 Å². The number of piperazine rings is 1. The van der Waals surface area contributed by atoms with Gasteiger partial charge in [-0.05, 0) is 22.9 Å². The summed E-state index contributed by atoms with van der Waals surface area (Å²) in [6.07, 6.45) is -0.403. The van der Waals surface area contributed by atoms with Gasteiger partial charge < -0.3 is 19.6 Å². The first-order chi connectivity index (χ1) is 10.7. The normalized spacial score (nSPS) is 23.4. The number of ether oxygens (including phenoxy) is 1. The SMILES string of the molecule is C[NH+]1CC[NH+](CC(O)COc2ccc3ccccc3c2)CC1. The molecule has 1 aliphatic heterocycles. The number of aliphatic hydroxyl groups is 1. The number of nitrogens with one attached hydrogen (secondary N) is 2. The molecule has 0 radical (unpaired) electrons. The first-order valence-corrected chi connectivity index (χ1v) is 8.15. The van der Waals surface area contributed by atoms with Crippen LogP contribution in [0.5, 0.6) is 5.75 Å². The average Bonchev–Trinajstić information content (AvgIpc) is 2.55. The molecule has 1 atom stereocenters. The molecule has 0 aromatic heterocycles. The number of quaternary nitrogens is 2. The van der Waals surface area contributed by atoms with Crippen LogP contribution in [0.25, 0.3) is 10.8 Å². The highest BCUT2D eigenvalue weighted by atomic mass is 16.5. The number of rotatable bonds is 5. The molecular weight excluding hydrogens is 276 g/mol. The lowest BCUT2D eigenvalue weighted by atomic mass is 10.1. The van der Waals surface area contributed by atoms with Gasteiger partial charge in [0, 0.05) is 0 Å². The van der Waals surface area contributed by atoms with Crippen molar-refractivity contribution in [2.75, 3.05) is 46.4 Å². The molecular formula is C18H26N2O2+2. The lowest BCUT2D eigenvalue weighted by molar-refractivity contribution is -1.00. The van der Waals surface area contributed by atoms with E-state index in [1.54, 1.807) is 4.90 Å². The molecule has 0 aliphatic carbocycles. The Morgan fingerprint density at radius 2 is 1.77 bits per heavy atom. The zero-order valence-corrected chi connectivity index (χ0v) is 13.2. The lowest BCUT2D eigenvalue weighted by Gasteiger charge is -2.28. The minimum atomic E-state index is -0.403. The van der Waals surface area contributed by atoms with E-state index in [9.17, 15) is 5.11 Å². The third-order valence-electron chi connectivity index (χ3n) is 4.50. The summed E-state index contributed by atoms with van der Waals surface area (Å²) in [5.74, 6) is 0.829. The van der Waals surface area contributed by atoms with Gasteiger partial charge in [-0.25, -0.2) is 0 Å². The van der Waals surface area contributed by atoms with Gasteiger partial charge in [0.1, 0.15) is 51.2 Å². The fourth-order valence-electron chi connectivity index (χ4n) is 3.08. The van der Waals surface area contributed by atoms with Crippen molar-refractivity contribution in [1.82, 2.24) is 0 Å². The van der Waals surface area contributed by atoms with Crippen molar-refractivity contribution in [1.29, 1.82) is 0 Å². The molecule has 1 aliphatic rings. The third kappa shape index (κ3) is 3.97. The summed E-state index contributed by atoms with van der Waals surface area (Å²) in [7, 11) is 2.23. The van der Waals surface area contributed by atoms with Crippen LogP contribution < -0.4 is 14.5 Å². The molecule has 3 N–H and O–H groups in total. The van der Waals surface area contributed by atoms with E-state index in [1.807, 2.05) is 24.3 Å². The quantitative estimate of drug-likeness (QED) is 0.662. The van der Waals surface area contributed by atoms with Gasteiger partial charge in [-0.15, -0.1) is 0 Å². The van der Waals surface area contributed by atoms with Crippen LogP contribution in [0.3, 0.4) is 0 Å². The monoisotopic (exact) mass is 302 g/mol. The maximum Gasteiger partial charge on any atom is 0.137 e. The van der Waals surface area contributed by atoms with E-state index in [2.05, 4.69) is 25.2 Å². The second-order valence-corrected chi connectivity index (χ2v) is 6.39. The highest BCUT2D eigenvalue weighted by Gasteiger charge is 2.22. The Balaban J connectivity index is 1.50. The maximum atomic E-state index is 10.2. The van der Waals surface area contributed by atoms with Gasteiger partial charge in [0.05, 0.1) is 7.05 Å². The van der Waals surface area contributed by atoms with E-state index in [0.29, 0.717) is 6.61 Å². The van der Waals surface area contributed by atoms with Crippen LogP contribution >= 0.6 is 0 Å².